The molecule has 0 bridgehead atoms. The maximum atomic E-state index is 12.3. The molecule has 1 N–H and O–H groups in total. The number of ether oxygens (including phenoxy) is 1. The van der Waals surface area contributed by atoms with Gasteiger partial charge in [-0.3, -0.25) is 9.78 Å². The molecular weight excluding hydrogens is 280 g/mol. The van der Waals surface area contributed by atoms with Crippen molar-refractivity contribution in [3.05, 3.63) is 66.7 Å². The van der Waals surface area contributed by atoms with E-state index in [-0.39, 0.29) is 11.6 Å². The second-order valence-corrected chi connectivity index (χ2v) is 4.52. The van der Waals surface area contributed by atoms with E-state index in [0.29, 0.717) is 11.4 Å². The molecule has 0 aliphatic carbocycles. The van der Waals surface area contributed by atoms with Crippen LogP contribution in [0.5, 0.6) is 5.75 Å². The zero-order valence-corrected chi connectivity index (χ0v) is 11.9. The Hall–Kier alpha value is -3.15. The molecule has 3 aromatic rings. The third kappa shape index (κ3) is 2.80. The number of benzene rings is 1. The highest BCUT2D eigenvalue weighted by Crippen LogP contribution is 2.20. The molecule has 1 amide bonds. The molecule has 0 saturated carbocycles. The number of rotatable bonds is 4. The molecule has 0 atom stereocenters. The predicted molar refractivity (Wildman–Crippen MR) is 82.3 cm³/mol. The van der Waals surface area contributed by atoms with Crippen LogP contribution in [0.25, 0.3) is 5.69 Å². The van der Waals surface area contributed by atoms with Gasteiger partial charge in [-0.05, 0) is 24.3 Å². The van der Waals surface area contributed by atoms with E-state index in [4.69, 9.17) is 4.74 Å². The Bertz CT molecular complexity index is 769. The van der Waals surface area contributed by atoms with Crippen molar-refractivity contribution in [3.63, 3.8) is 0 Å². The van der Waals surface area contributed by atoms with Gasteiger partial charge in [-0.15, -0.1) is 0 Å². The Labute approximate surface area is 127 Å². The summed E-state index contributed by atoms with van der Waals surface area (Å²) in [5, 5.41) is 7.05. The Balaban J connectivity index is 1.90. The number of hydrogen-bond acceptors (Lipinski definition) is 4. The molecule has 2 heterocycles. The third-order valence-corrected chi connectivity index (χ3v) is 3.06. The molecule has 0 fully saturated rings. The Morgan fingerprint density at radius 1 is 1.18 bits per heavy atom. The lowest BCUT2D eigenvalue weighted by Gasteiger charge is -2.03. The summed E-state index contributed by atoms with van der Waals surface area (Å²) in [5.41, 5.74) is 1.67. The van der Waals surface area contributed by atoms with Gasteiger partial charge in [0, 0.05) is 6.20 Å². The summed E-state index contributed by atoms with van der Waals surface area (Å²) in [5.74, 6) is 0.0600. The van der Waals surface area contributed by atoms with Crippen molar-refractivity contribution in [2.75, 3.05) is 12.4 Å². The monoisotopic (exact) mass is 294 g/mol. The van der Waals surface area contributed by atoms with E-state index in [9.17, 15) is 4.79 Å². The SMILES string of the molecule is COc1cn(-c2ccccc2)nc1C(=O)Nc1cccnc1. The van der Waals surface area contributed by atoms with Gasteiger partial charge in [-0.1, -0.05) is 18.2 Å². The number of pyridine rings is 1. The van der Waals surface area contributed by atoms with Crippen molar-refractivity contribution in [1.82, 2.24) is 14.8 Å². The van der Waals surface area contributed by atoms with Gasteiger partial charge in [0.25, 0.3) is 5.91 Å². The zero-order valence-electron chi connectivity index (χ0n) is 11.9. The van der Waals surface area contributed by atoms with Gasteiger partial charge in [0.2, 0.25) is 0 Å². The molecule has 0 saturated heterocycles. The first-order valence-corrected chi connectivity index (χ1v) is 6.68. The van der Waals surface area contributed by atoms with Gasteiger partial charge in [-0.2, -0.15) is 5.10 Å². The smallest absolute Gasteiger partial charge is 0.280 e. The van der Waals surface area contributed by atoms with Crippen LogP contribution in [0.4, 0.5) is 5.69 Å². The second kappa shape index (κ2) is 6.09. The molecule has 6 nitrogen and oxygen atoms in total. The van der Waals surface area contributed by atoms with Crippen molar-refractivity contribution in [2.45, 2.75) is 0 Å². The van der Waals surface area contributed by atoms with Crippen LogP contribution in [0.1, 0.15) is 10.5 Å². The number of para-hydroxylation sites is 1. The lowest BCUT2D eigenvalue weighted by Crippen LogP contribution is -2.14. The summed E-state index contributed by atoms with van der Waals surface area (Å²) in [6, 6.07) is 13.0. The predicted octanol–water partition coefficient (Wildman–Crippen LogP) is 2.53. The average Bonchev–Trinajstić information content (AvgIpc) is 3.01. The van der Waals surface area contributed by atoms with Crippen molar-refractivity contribution in [2.24, 2.45) is 0 Å². The average molecular weight is 294 g/mol. The van der Waals surface area contributed by atoms with Crippen molar-refractivity contribution in [3.8, 4) is 11.4 Å². The van der Waals surface area contributed by atoms with E-state index >= 15 is 0 Å². The fraction of sp³-hybridized carbons (Fsp3) is 0.0625. The summed E-state index contributed by atoms with van der Waals surface area (Å²) >= 11 is 0. The highest BCUT2D eigenvalue weighted by Gasteiger charge is 2.18. The summed E-state index contributed by atoms with van der Waals surface area (Å²) in [6.45, 7) is 0. The van der Waals surface area contributed by atoms with Crippen LogP contribution >= 0.6 is 0 Å². The van der Waals surface area contributed by atoms with Gasteiger partial charge >= 0.3 is 0 Å². The quantitative estimate of drug-likeness (QED) is 0.802. The topological polar surface area (TPSA) is 69.0 Å². The van der Waals surface area contributed by atoms with Gasteiger partial charge in [0.1, 0.15) is 0 Å². The number of hydrogen-bond donors (Lipinski definition) is 1. The number of methoxy groups -OCH3 is 1. The minimum absolute atomic E-state index is 0.218. The molecule has 110 valence electrons. The van der Waals surface area contributed by atoms with Gasteiger partial charge in [0.15, 0.2) is 11.4 Å². The van der Waals surface area contributed by atoms with Crippen LogP contribution in [0.15, 0.2) is 61.1 Å². The number of aromatic nitrogens is 3. The van der Waals surface area contributed by atoms with E-state index < -0.39 is 0 Å². The lowest BCUT2D eigenvalue weighted by atomic mass is 10.3. The number of carbonyl (C=O) groups is 1. The summed E-state index contributed by atoms with van der Waals surface area (Å²) in [4.78, 5) is 16.3. The van der Waals surface area contributed by atoms with E-state index in [1.807, 2.05) is 30.3 Å². The number of amides is 1. The van der Waals surface area contributed by atoms with E-state index in [2.05, 4.69) is 15.4 Å². The first-order valence-electron chi connectivity index (χ1n) is 6.68. The minimum atomic E-state index is -0.348. The van der Waals surface area contributed by atoms with Crippen LogP contribution < -0.4 is 10.1 Å². The number of anilines is 1. The first kappa shape index (κ1) is 13.8. The molecule has 6 heteroatoms. The Morgan fingerprint density at radius 2 is 2.00 bits per heavy atom. The molecule has 0 spiro atoms. The van der Waals surface area contributed by atoms with Crippen molar-refractivity contribution < 1.29 is 9.53 Å². The molecule has 0 unspecified atom stereocenters. The normalized spacial score (nSPS) is 10.2. The van der Waals surface area contributed by atoms with Crippen LogP contribution in [-0.2, 0) is 0 Å². The standard InChI is InChI=1S/C16H14N4O2/c1-22-14-11-20(13-7-3-2-4-8-13)19-15(14)16(21)18-12-6-5-9-17-10-12/h2-11H,1H3,(H,18,21). The summed E-state index contributed by atoms with van der Waals surface area (Å²) < 4.78 is 6.85. The van der Waals surface area contributed by atoms with Gasteiger partial charge < -0.3 is 10.1 Å². The molecule has 0 aliphatic heterocycles. The maximum Gasteiger partial charge on any atom is 0.280 e. The number of nitrogens with one attached hydrogen (secondary N) is 1. The molecule has 0 radical (unpaired) electrons. The highest BCUT2D eigenvalue weighted by atomic mass is 16.5. The number of carbonyl (C=O) groups excluding carboxylic acids is 1. The molecule has 22 heavy (non-hydrogen) atoms. The fourth-order valence-electron chi connectivity index (χ4n) is 2.00. The lowest BCUT2D eigenvalue weighted by molar-refractivity contribution is 0.101. The van der Waals surface area contributed by atoms with Crippen molar-refractivity contribution >= 4 is 11.6 Å². The fourth-order valence-corrected chi connectivity index (χ4v) is 2.00. The van der Waals surface area contributed by atoms with Gasteiger partial charge in [-0.25, -0.2) is 4.68 Å². The molecule has 0 aliphatic rings. The van der Waals surface area contributed by atoms with E-state index in [0.717, 1.165) is 5.69 Å². The zero-order chi connectivity index (χ0) is 15.4. The molecule has 3 rings (SSSR count). The summed E-state index contributed by atoms with van der Waals surface area (Å²) in [6.07, 6.45) is 4.88. The Morgan fingerprint density at radius 3 is 2.68 bits per heavy atom. The number of nitrogens with zero attached hydrogens (tertiary/aromatic N) is 3. The maximum absolute atomic E-state index is 12.3. The molecular formula is C16H14N4O2. The Kier molecular flexibility index (Phi) is 3.82. The van der Waals surface area contributed by atoms with Gasteiger partial charge in [0.05, 0.1) is 30.9 Å². The molecule has 2 aromatic heterocycles. The van der Waals surface area contributed by atoms with Crippen LogP contribution in [-0.4, -0.2) is 27.8 Å². The van der Waals surface area contributed by atoms with Crippen molar-refractivity contribution in [1.29, 1.82) is 0 Å². The largest absolute Gasteiger partial charge is 0.493 e. The van der Waals surface area contributed by atoms with E-state index in [1.54, 1.807) is 35.4 Å². The van der Waals surface area contributed by atoms with Crippen LogP contribution in [0.2, 0.25) is 0 Å². The highest BCUT2D eigenvalue weighted by molar-refractivity contribution is 6.04. The first-order chi connectivity index (χ1) is 10.8. The second-order valence-electron chi connectivity index (χ2n) is 4.52. The third-order valence-electron chi connectivity index (χ3n) is 3.06. The minimum Gasteiger partial charge on any atom is -0.493 e. The van der Waals surface area contributed by atoms with Crippen LogP contribution in [0, 0.1) is 0 Å². The molecule has 1 aromatic carbocycles. The van der Waals surface area contributed by atoms with E-state index in [1.165, 1.54) is 7.11 Å². The summed E-state index contributed by atoms with van der Waals surface area (Å²) in [7, 11) is 1.51. The van der Waals surface area contributed by atoms with Crippen LogP contribution in [0.3, 0.4) is 0 Å².